The smallest absolute Gasteiger partial charge is 0.224 e. The number of carbonyl (C=O) groups is 1. The van der Waals surface area contributed by atoms with Gasteiger partial charge in [-0.25, -0.2) is 0 Å². The molecule has 33 heavy (non-hydrogen) atoms. The van der Waals surface area contributed by atoms with Gasteiger partial charge in [-0.3, -0.25) is 4.79 Å². The number of amides is 1. The van der Waals surface area contributed by atoms with Crippen molar-refractivity contribution in [2.75, 3.05) is 46.3 Å². The highest BCUT2D eigenvalue weighted by Crippen LogP contribution is 2.40. The minimum Gasteiger partial charge on any atom is -0.493 e. The lowest BCUT2D eigenvalue weighted by atomic mass is 10.1. The number of likely N-dealkylation sites (N-methyl/N-ethyl adjacent to an activating group) is 1. The summed E-state index contributed by atoms with van der Waals surface area (Å²) in [6.45, 7) is 8.46. The third-order valence-electron chi connectivity index (χ3n) is 6.01. The third kappa shape index (κ3) is 5.79. The van der Waals surface area contributed by atoms with E-state index in [2.05, 4.69) is 47.0 Å². The van der Waals surface area contributed by atoms with Crippen LogP contribution in [-0.2, 0) is 17.8 Å². The van der Waals surface area contributed by atoms with Gasteiger partial charge in [-0.05, 0) is 55.4 Å². The molecule has 0 unspecified atom stereocenters. The molecule has 178 valence electrons. The highest BCUT2D eigenvalue weighted by atomic mass is 16.5. The van der Waals surface area contributed by atoms with Crippen molar-refractivity contribution in [3.8, 4) is 17.2 Å². The van der Waals surface area contributed by atoms with Crippen LogP contribution in [0.5, 0.6) is 17.2 Å². The van der Waals surface area contributed by atoms with E-state index >= 15 is 0 Å². The van der Waals surface area contributed by atoms with Crippen LogP contribution in [0.2, 0.25) is 0 Å². The van der Waals surface area contributed by atoms with Gasteiger partial charge in [0.05, 0.1) is 21.3 Å². The number of ether oxygens (including phenoxy) is 3. The summed E-state index contributed by atoms with van der Waals surface area (Å²) < 4.78 is 18.5. The molecule has 0 aliphatic heterocycles. The first-order valence-corrected chi connectivity index (χ1v) is 11.4. The molecule has 0 aliphatic rings. The summed E-state index contributed by atoms with van der Waals surface area (Å²) >= 11 is 0. The molecule has 2 aromatic carbocycles. The molecule has 0 saturated heterocycles. The molecule has 0 aliphatic carbocycles. The fourth-order valence-electron chi connectivity index (χ4n) is 4.09. The fraction of sp³-hybridized carbons (Fsp3) is 0.423. The SMILES string of the molecule is CCN(CC)CCn1ccc2cc(NC(=O)CCc3ccc(OC)c(OC)c3OC)ccc21. The molecular formula is C26H35N3O4. The first-order chi connectivity index (χ1) is 16.0. The molecule has 1 aromatic heterocycles. The summed E-state index contributed by atoms with van der Waals surface area (Å²) in [4.78, 5) is 15.0. The van der Waals surface area contributed by atoms with E-state index in [0.717, 1.165) is 42.8 Å². The molecule has 1 heterocycles. The molecule has 0 spiro atoms. The van der Waals surface area contributed by atoms with Crippen molar-refractivity contribution >= 4 is 22.5 Å². The average Bonchev–Trinajstić information content (AvgIpc) is 3.24. The summed E-state index contributed by atoms with van der Waals surface area (Å²) in [7, 11) is 4.74. The molecule has 3 rings (SSSR count). The maximum atomic E-state index is 12.6. The van der Waals surface area contributed by atoms with Gasteiger partial charge in [0, 0.05) is 42.3 Å². The number of nitrogens with zero attached hydrogens (tertiary/aromatic N) is 2. The van der Waals surface area contributed by atoms with Gasteiger partial charge >= 0.3 is 0 Å². The molecule has 1 N–H and O–H groups in total. The molecule has 7 nitrogen and oxygen atoms in total. The summed E-state index contributed by atoms with van der Waals surface area (Å²) in [5.74, 6) is 1.68. The quantitative estimate of drug-likeness (QED) is 0.435. The third-order valence-corrected chi connectivity index (χ3v) is 6.01. The maximum absolute atomic E-state index is 12.6. The number of aryl methyl sites for hydroxylation is 1. The van der Waals surface area contributed by atoms with Crippen molar-refractivity contribution in [2.45, 2.75) is 33.2 Å². The number of anilines is 1. The minimum atomic E-state index is -0.0489. The zero-order chi connectivity index (χ0) is 23.8. The summed E-state index contributed by atoms with van der Waals surface area (Å²) in [5.41, 5.74) is 2.87. The molecule has 0 bridgehead atoms. The van der Waals surface area contributed by atoms with Crippen LogP contribution in [-0.4, -0.2) is 56.3 Å². The summed E-state index contributed by atoms with van der Waals surface area (Å²) in [6, 6.07) is 11.9. The van der Waals surface area contributed by atoms with Gasteiger partial charge in [0.25, 0.3) is 0 Å². The second-order valence-corrected chi connectivity index (χ2v) is 7.85. The van der Waals surface area contributed by atoms with E-state index in [4.69, 9.17) is 14.2 Å². The molecule has 7 heteroatoms. The van der Waals surface area contributed by atoms with Crippen LogP contribution in [0.4, 0.5) is 5.69 Å². The van der Waals surface area contributed by atoms with E-state index in [9.17, 15) is 4.79 Å². The lowest BCUT2D eigenvalue weighted by Gasteiger charge is -2.18. The Balaban J connectivity index is 1.63. The Labute approximate surface area is 196 Å². The highest BCUT2D eigenvalue weighted by molar-refractivity contribution is 5.94. The lowest BCUT2D eigenvalue weighted by molar-refractivity contribution is -0.116. The normalized spacial score (nSPS) is 11.1. The molecular weight excluding hydrogens is 418 g/mol. The van der Waals surface area contributed by atoms with E-state index < -0.39 is 0 Å². The lowest BCUT2D eigenvalue weighted by Crippen LogP contribution is -2.26. The number of hydrogen-bond acceptors (Lipinski definition) is 5. The second kappa shape index (κ2) is 11.6. The summed E-state index contributed by atoms with van der Waals surface area (Å²) in [6.07, 6.45) is 2.97. The largest absolute Gasteiger partial charge is 0.493 e. The highest BCUT2D eigenvalue weighted by Gasteiger charge is 2.16. The second-order valence-electron chi connectivity index (χ2n) is 7.85. The number of aromatic nitrogens is 1. The number of benzene rings is 2. The van der Waals surface area contributed by atoms with Crippen molar-refractivity contribution in [1.29, 1.82) is 0 Å². The van der Waals surface area contributed by atoms with Gasteiger partial charge in [-0.15, -0.1) is 0 Å². The van der Waals surface area contributed by atoms with Gasteiger partial charge in [0.1, 0.15) is 0 Å². The Kier molecular flexibility index (Phi) is 8.60. The molecule has 0 saturated carbocycles. The van der Waals surface area contributed by atoms with E-state index in [1.165, 1.54) is 5.52 Å². The van der Waals surface area contributed by atoms with Gasteiger partial charge in [0.2, 0.25) is 11.7 Å². The average molecular weight is 454 g/mol. The van der Waals surface area contributed by atoms with Gasteiger partial charge in [-0.2, -0.15) is 0 Å². The Morgan fingerprint density at radius 2 is 1.73 bits per heavy atom. The van der Waals surface area contributed by atoms with E-state index in [-0.39, 0.29) is 5.91 Å². The van der Waals surface area contributed by atoms with Gasteiger partial charge in [0.15, 0.2) is 11.5 Å². The van der Waals surface area contributed by atoms with Crippen LogP contribution < -0.4 is 19.5 Å². The van der Waals surface area contributed by atoms with Crippen molar-refractivity contribution in [1.82, 2.24) is 9.47 Å². The number of nitrogens with one attached hydrogen (secondary N) is 1. The first-order valence-electron chi connectivity index (χ1n) is 11.4. The number of hydrogen-bond donors (Lipinski definition) is 1. The number of methoxy groups -OCH3 is 3. The van der Waals surface area contributed by atoms with Gasteiger partial charge in [-0.1, -0.05) is 19.9 Å². The van der Waals surface area contributed by atoms with Crippen molar-refractivity contribution in [2.24, 2.45) is 0 Å². The predicted molar refractivity (Wildman–Crippen MR) is 133 cm³/mol. The van der Waals surface area contributed by atoms with Crippen LogP contribution in [0.15, 0.2) is 42.6 Å². The molecule has 0 fully saturated rings. The van der Waals surface area contributed by atoms with Crippen LogP contribution in [0, 0.1) is 0 Å². The number of rotatable bonds is 12. The van der Waals surface area contributed by atoms with E-state index in [0.29, 0.717) is 30.1 Å². The zero-order valence-corrected chi connectivity index (χ0v) is 20.3. The Morgan fingerprint density at radius 1 is 0.970 bits per heavy atom. The topological polar surface area (TPSA) is 65.0 Å². The number of fused-ring (bicyclic) bond motifs is 1. The van der Waals surface area contributed by atoms with Crippen molar-refractivity contribution in [3.05, 3.63) is 48.2 Å². The Bertz CT molecular complexity index is 1070. The molecule has 3 aromatic rings. The number of carbonyl (C=O) groups excluding carboxylic acids is 1. The minimum absolute atomic E-state index is 0.0489. The van der Waals surface area contributed by atoms with Crippen molar-refractivity contribution in [3.63, 3.8) is 0 Å². The standard InChI is InChI=1S/C26H35N3O4/c1-6-28(7-2)16-17-29-15-14-20-18-21(10-11-22(20)29)27-24(30)13-9-19-8-12-23(31-3)26(33-5)25(19)32-4/h8,10-12,14-15,18H,6-7,9,13,16-17H2,1-5H3,(H,27,30). The van der Waals surface area contributed by atoms with Crippen LogP contribution >= 0.6 is 0 Å². The predicted octanol–water partition coefficient (Wildman–Crippen LogP) is 4.58. The van der Waals surface area contributed by atoms with Crippen LogP contribution in [0.3, 0.4) is 0 Å². The monoisotopic (exact) mass is 453 g/mol. The maximum Gasteiger partial charge on any atom is 0.224 e. The van der Waals surface area contributed by atoms with Crippen molar-refractivity contribution < 1.29 is 19.0 Å². The Morgan fingerprint density at radius 3 is 2.39 bits per heavy atom. The Hall–Kier alpha value is -3.19. The van der Waals surface area contributed by atoms with Crippen LogP contribution in [0.1, 0.15) is 25.8 Å². The first kappa shape index (κ1) is 24.5. The summed E-state index contributed by atoms with van der Waals surface area (Å²) in [5, 5.41) is 4.14. The molecule has 1 amide bonds. The van der Waals surface area contributed by atoms with Crippen LogP contribution in [0.25, 0.3) is 10.9 Å². The van der Waals surface area contributed by atoms with Gasteiger partial charge < -0.3 is 29.0 Å². The fourth-order valence-corrected chi connectivity index (χ4v) is 4.09. The van der Waals surface area contributed by atoms with E-state index in [1.54, 1.807) is 21.3 Å². The zero-order valence-electron chi connectivity index (χ0n) is 20.3. The molecule has 0 atom stereocenters. The molecule has 0 radical (unpaired) electrons. The van der Waals surface area contributed by atoms with E-state index in [1.807, 2.05) is 24.3 Å².